The summed E-state index contributed by atoms with van der Waals surface area (Å²) in [4.78, 5) is 14.2. The van der Waals surface area contributed by atoms with Gasteiger partial charge in [0.1, 0.15) is 0 Å². The summed E-state index contributed by atoms with van der Waals surface area (Å²) in [5, 5.41) is 3.43. The summed E-state index contributed by atoms with van der Waals surface area (Å²) in [7, 11) is 0. The predicted octanol–water partition coefficient (Wildman–Crippen LogP) is 3.40. The van der Waals surface area contributed by atoms with E-state index in [-0.39, 0.29) is 0 Å². The number of carbonyl (C=O) groups is 1. The van der Waals surface area contributed by atoms with Crippen LogP contribution in [0.5, 0.6) is 0 Å². The minimum absolute atomic E-state index is 0.297. The minimum atomic E-state index is 0.297. The fourth-order valence-corrected chi connectivity index (χ4v) is 3.53. The second-order valence-electron chi connectivity index (χ2n) is 6.65. The first-order chi connectivity index (χ1) is 10.2. The van der Waals surface area contributed by atoms with E-state index >= 15 is 0 Å². The van der Waals surface area contributed by atoms with Gasteiger partial charge in [-0.15, -0.1) is 0 Å². The molecule has 2 aliphatic heterocycles. The Hall–Kier alpha value is -1.35. The molecule has 2 fully saturated rings. The molecule has 1 aromatic rings. The van der Waals surface area contributed by atoms with Crippen molar-refractivity contribution in [3.05, 3.63) is 29.3 Å². The van der Waals surface area contributed by atoms with E-state index in [0.717, 1.165) is 26.1 Å². The van der Waals surface area contributed by atoms with E-state index in [9.17, 15) is 4.79 Å². The van der Waals surface area contributed by atoms with E-state index in [0.29, 0.717) is 24.2 Å². The first kappa shape index (κ1) is 14.6. The number of carbonyl (C=O) groups excluding carboxylic acids is 1. The Balaban J connectivity index is 1.99. The number of nitrogens with one attached hydrogen (secondary N) is 1. The summed E-state index contributed by atoms with van der Waals surface area (Å²) in [5.74, 6) is 1.39. The van der Waals surface area contributed by atoms with Crippen LogP contribution in [-0.4, -0.2) is 25.5 Å². The lowest BCUT2D eigenvalue weighted by atomic mass is 9.87. The van der Waals surface area contributed by atoms with E-state index in [1.807, 2.05) is 4.90 Å². The Kier molecular flexibility index (Phi) is 4.29. The van der Waals surface area contributed by atoms with Crippen LogP contribution < -0.4 is 10.2 Å². The SMILES string of the molecule is CC(C)c1ccc(C2CCNCC2)c(N2CCCC2=O)c1. The molecule has 2 saturated heterocycles. The van der Waals surface area contributed by atoms with Crippen LogP contribution in [0, 0.1) is 0 Å². The van der Waals surface area contributed by atoms with Gasteiger partial charge in [0.2, 0.25) is 5.91 Å². The van der Waals surface area contributed by atoms with Crippen molar-refractivity contribution in [1.82, 2.24) is 5.32 Å². The molecule has 0 aromatic heterocycles. The maximum Gasteiger partial charge on any atom is 0.227 e. The number of hydrogen-bond donors (Lipinski definition) is 1. The molecule has 0 bridgehead atoms. The third kappa shape index (κ3) is 2.98. The Labute approximate surface area is 127 Å². The van der Waals surface area contributed by atoms with Gasteiger partial charge in [-0.3, -0.25) is 4.79 Å². The molecule has 114 valence electrons. The maximum atomic E-state index is 12.2. The average molecular weight is 286 g/mol. The molecule has 3 rings (SSSR count). The summed E-state index contributed by atoms with van der Waals surface area (Å²) in [6.07, 6.45) is 4.06. The first-order valence-electron chi connectivity index (χ1n) is 8.31. The largest absolute Gasteiger partial charge is 0.317 e. The molecule has 0 unspecified atom stereocenters. The van der Waals surface area contributed by atoms with Crippen LogP contribution in [0.4, 0.5) is 5.69 Å². The lowest BCUT2D eigenvalue weighted by Gasteiger charge is -2.29. The number of anilines is 1. The Morgan fingerprint density at radius 1 is 1.24 bits per heavy atom. The second-order valence-corrected chi connectivity index (χ2v) is 6.65. The molecule has 1 N–H and O–H groups in total. The van der Waals surface area contributed by atoms with Crippen LogP contribution in [0.25, 0.3) is 0 Å². The van der Waals surface area contributed by atoms with Crippen LogP contribution >= 0.6 is 0 Å². The molecule has 1 amide bonds. The number of rotatable bonds is 3. The van der Waals surface area contributed by atoms with Gasteiger partial charge >= 0.3 is 0 Å². The zero-order valence-electron chi connectivity index (χ0n) is 13.2. The number of hydrogen-bond acceptors (Lipinski definition) is 2. The molecule has 21 heavy (non-hydrogen) atoms. The van der Waals surface area contributed by atoms with E-state index in [1.54, 1.807) is 0 Å². The van der Waals surface area contributed by atoms with Gasteiger partial charge in [-0.25, -0.2) is 0 Å². The fraction of sp³-hybridized carbons (Fsp3) is 0.611. The minimum Gasteiger partial charge on any atom is -0.317 e. The molecule has 2 aliphatic rings. The Bertz CT molecular complexity index is 518. The molecule has 0 saturated carbocycles. The van der Waals surface area contributed by atoms with Crippen LogP contribution in [0.15, 0.2) is 18.2 Å². The smallest absolute Gasteiger partial charge is 0.227 e. The fourth-order valence-electron chi connectivity index (χ4n) is 3.53. The van der Waals surface area contributed by atoms with Gasteiger partial charge in [-0.05, 0) is 61.4 Å². The number of nitrogens with zero attached hydrogens (tertiary/aromatic N) is 1. The molecular weight excluding hydrogens is 260 g/mol. The van der Waals surface area contributed by atoms with Crippen LogP contribution in [0.2, 0.25) is 0 Å². The maximum absolute atomic E-state index is 12.2. The average Bonchev–Trinajstić information content (AvgIpc) is 2.93. The number of piperidine rings is 1. The van der Waals surface area contributed by atoms with Crippen LogP contribution in [0.1, 0.15) is 62.5 Å². The van der Waals surface area contributed by atoms with Crippen molar-refractivity contribution in [2.75, 3.05) is 24.5 Å². The van der Waals surface area contributed by atoms with Crippen LogP contribution in [-0.2, 0) is 4.79 Å². The topological polar surface area (TPSA) is 32.3 Å². The first-order valence-corrected chi connectivity index (χ1v) is 8.31. The highest BCUT2D eigenvalue weighted by Crippen LogP contribution is 2.37. The van der Waals surface area contributed by atoms with Gasteiger partial charge in [0.15, 0.2) is 0 Å². The zero-order valence-corrected chi connectivity index (χ0v) is 13.2. The highest BCUT2D eigenvalue weighted by molar-refractivity contribution is 5.96. The summed E-state index contributed by atoms with van der Waals surface area (Å²) in [6.45, 7) is 7.50. The van der Waals surface area contributed by atoms with Gasteiger partial charge in [-0.2, -0.15) is 0 Å². The lowest BCUT2D eigenvalue weighted by molar-refractivity contribution is -0.117. The van der Waals surface area contributed by atoms with E-state index in [1.165, 1.54) is 29.7 Å². The van der Waals surface area contributed by atoms with Gasteiger partial charge < -0.3 is 10.2 Å². The third-order valence-electron chi connectivity index (χ3n) is 4.86. The standard InChI is InChI=1S/C18H26N2O/c1-13(2)15-5-6-16(14-7-9-19-10-8-14)17(12-15)20-11-3-4-18(20)21/h5-6,12-14,19H,3-4,7-11H2,1-2H3. The highest BCUT2D eigenvalue weighted by atomic mass is 16.2. The predicted molar refractivity (Wildman–Crippen MR) is 87.0 cm³/mol. The van der Waals surface area contributed by atoms with Crippen molar-refractivity contribution in [1.29, 1.82) is 0 Å². The van der Waals surface area contributed by atoms with Gasteiger partial charge in [0, 0.05) is 18.7 Å². The molecule has 3 nitrogen and oxygen atoms in total. The monoisotopic (exact) mass is 286 g/mol. The van der Waals surface area contributed by atoms with Crippen molar-refractivity contribution in [2.24, 2.45) is 0 Å². The van der Waals surface area contributed by atoms with Crippen LogP contribution in [0.3, 0.4) is 0 Å². The molecule has 3 heteroatoms. The van der Waals surface area contributed by atoms with E-state index in [4.69, 9.17) is 0 Å². The molecule has 2 heterocycles. The van der Waals surface area contributed by atoms with Gasteiger partial charge in [0.05, 0.1) is 0 Å². The van der Waals surface area contributed by atoms with Crippen molar-refractivity contribution < 1.29 is 4.79 Å². The molecule has 0 spiro atoms. The summed E-state index contributed by atoms with van der Waals surface area (Å²) in [6, 6.07) is 6.81. The zero-order chi connectivity index (χ0) is 14.8. The Morgan fingerprint density at radius 3 is 2.62 bits per heavy atom. The summed E-state index contributed by atoms with van der Waals surface area (Å²) in [5.41, 5.74) is 3.91. The Morgan fingerprint density at radius 2 is 2.00 bits per heavy atom. The van der Waals surface area contributed by atoms with Crippen molar-refractivity contribution in [2.45, 2.75) is 51.4 Å². The van der Waals surface area contributed by atoms with E-state index in [2.05, 4.69) is 37.4 Å². The number of amides is 1. The number of benzene rings is 1. The summed E-state index contributed by atoms with van der Waals surface area (Å²) < 4.78 is 0. The van der Waals surface area contributed by atoms with Crippen molar-refractivity contribution in [3.8, 4) is 0 Å². The van der Waals surface area contributed by atoms with E-state index < -0.39 is 0 Å². The van der Waals surface area contributed by atoms with Crippen molar-refractivity contribution >= 4 is 11.6 Å². The quantitative estimate of drug-likeness (QED) is 0.923. The molecule has 0 aliphatic carbocycles. The lowest BCUT2D eigenvalue weighted by Crippen LogP contribution is -2.29. The summed E-state index contributed by atoms with van der Waals surface area (Å²) >= 11 is 0. The normalized spacial score (nSPS) is 20.5. The molecular formula is C18H26N2O. The molecule has 1 aromatic carbocycles. The van der Waals surface area contributed by atoms with Gasteiger partial charge in [0.25, 0.3) is 0 Å². The highest BCUT2D eigenvalue weighted by Gasteiger charge is 2.27. The second kappa shape index (κ2) is 6.18. The third-order valence-corrected chi connectivity index (χ3v) is 4.86. The molecule has 0 atom stereocenters. The molecule has 0 radical (unpaired) electrons. The van der Waals surface area contributed by atoms with Crippen molar-refractivity contribution in [3.63, 3.8) is 0 Å². The van der Waals surface area contributed by atoms with Gasteiger partial charge in [-0.1, -0.05) is 26.0 Å².